The molecule has 1 aliphatic heterocycles. The molecule has 2 aliphatic rings. The maximum atomic E-state index is 15.2. The minimum Gasteiger partial charge on any atom is -0.494 e. The fourth-order valence-electron chi connectivity index (χ4n) is 6.76. The number of nitrogens with one attached hydrogen (secondary N) is 1. The molecule has 2 N–H and O–H groups in total. The number of azide groups is 1. The Balaban J connectivity index is 1.35. The van der Waals surface area contributed by atoms with E-state index in [2.05, 4.69) is 39.6 Å². The molecule has 0 bridgehead atoms. The largest absolute Gasteiger partial charge is 0.494 e. The monoisotopic (exact) mass is 649 g/mol. The lowest BCUT2D eigenvalue weighted by atomic mass is 9.80. The standard InChI is InChI=1S/C40H35N5O4/c41-45-42-26-30-14-5-4-13-29(30)25-40(39(47)43-36-34-17-8-6-15-32(34)33-16-7-9-18-35(33)36)37(27-11-2-1-3-12-27)49-38(44-40)28-19-21-31(22-20-28)48-24-10-23-46/h1-9,11-22,36-37,46H,10,23-26H2,(H,43,47)/t37-,40-/m1/s1. The van der Waals surface area contributed by atoms with Crippen molar-refractivity contribution in [3.8, 4) is 16.9 Å². The predicted octanol–water partition coefficient (Wildman–Crippen LogP) is 7.64. The summed E-state index contributed by atoms with van der Waals surface area (Å²) in [6.45, 7) is 0.589. The molecular formula is C40H35N5O4. The van der Waals surface area contributed by atoms with E-state index in [-0.39, 0.29) is 31.5 Å². The molecule has 0 saturated heterocycles. The zero-order valence-corrected chi connectivity index (χ0v) is 26.8. The van der Waals surface area contributed by atoms with Gasteiger partial charge in [-0.1, -0.05) is 108 Å². The molecule has 5 aromatic carbocycles. The lowest BCUT2D eigenvalue weighted by Crippen LogP contribution is -2.51. The van der Waals surface area contributed by atoms with Gasteiger partial charge in [-0.25, -0.2) is 4.99 Å². The van der Waals surface area contributed by atoms with Gasteiger partial charge in [-0.3, -0.25) is 4.79 Å². The van der Waals surface area contributed by atoms with Crippen LogP contribution >= 0.6 is 0 Å². The third-order valence-corrected chi connectivity index (χ3v) is 9.12. The van der Waals surface area contributed by atoms with E-state index in [0.717, 1.165) is 38.9 Å². The molecule has 9 nitrogen and oxygen atoms in total. The van der Waals surface area contributed by atoms with Gasteiger partial charge in [0.25, 0.3) is 5.91 Å². The van der Waals surface area contributed by atoms with Crippen molar-refractivity contribution in [1.29, 1.82) is 0 Å². The molecule has 0 saturated carbocycles. The predicted molar refractivity (Wildman–Crippen MR) is 188 cm³/mol. The zero-order chi connectivity index (χ0) is 33.6. The maximum absolute atomic E-state index is 15.2. The van der Waals surface area contributed by atoms with Crippen LogP contribution in [0.2, 0.25) is 0 Å². The Morgan fingerprint density at radius 1 is 0.857 bits per heavy atom. The number of benzene rings is 5. The van der Waals surface area contributed by atoms with E-state index in [1.54, 1.807) is 0 Å². The smallest absolute Gasteiger partial charge is 0.253 e. The number of nitrogens with zero attached hydrogens (tertiary/aromatic N) is 4. The minimum absolute atomic E-state index is 0.0533. The fourth-order valence-corrected chi connectivity index (χ4v) is 6.76. The molecule has 0 spiro atoms. The van der Waals surface area contributed by atoms with Gasteiger partial charge in [0.1, 0.15) is 5.75 Å². The van der Waals surface area contributed by atoms with Crippen LogP contribution in [0, 0.1) is 0 Å². The van der Waals surface area contributed by atoms with Crippen molar-refractivity contribution in [2.24, 2.45) is 10.1 Å². The number of carbonyl (C=O) groups excluding carboxylic acids is 1. The summed E-state index contributed by atoms with van der Waals surface area (Å²) in [5.74, 6) is 0.714. The van der Waals surface area contributed by atoms with Crippen LogP contribution in [0.4, 0.5) is 0 Å². The summed E-state index contributed by atoms with van der Waals surface area (Å²) in [5.41, 5.74) is 15.0. The average molecular weight is 650 g/mol. The van der Waals surface area contributed by atoms with Crippen molar-refractivity contribution < 1.29 is 19.4 Å². The number of carbonyl (C=O) groups is 1. The van der Waals surface area contributed by atoms with Gasteiger partial charge in [0.15, 0.2) is 11.6 Å². The van der Waals surface area contributed by atoms with Gasteiger partial charge in [-0.05, 0) is 68.7 Å². The van der Waals surface area contributed by atoms with Gasteiger partial charge in [-0.15, -0.1) is 0 Å². The summed E-state index contributed by atoms with van der Waals surface area (Å²) < 4.78 is 12.5. The van der Waals surface area contributed by atoms with Crippen molar-refractivity contribution in [2.45, 2.75) is 37.1 Å². The molecule has 1 aliphatic carbocycles. The third kappa shape index (κ3) is 6.25. The highest BCUT2D eigenvalue weighted by Crippen LogP contribution is 2.46. The first-order valence-electron chi connectivity index (χ1n) is 16.3. The first-order valence-corrected chi connectivity index (χ1v) is 16.3. The van der Waals surface area contributed by atoms with E-state index in [0.29, 0.717) is 30.2 Å². The Hall–Kier alpha value is -5.89. The lowest BCUT2D eigenvalue weighted by molar-refractivity contribution is -0.129. The second kappa shape index (κ2) is 14.1. The maximum Gasteiger partial charge on any atom is 0.253 e. The Morgan fingerprint density at radius 3 is 2.16 bits per heavy atom. The van der Waals surface area contributed by atoms with Crippen molar-refractivity contribution >= 4 is 11.8 Å². The van der Waals surface area contributed by atoms with Gasteiger partial charge >= 0.3 is 0 Å². The van der Waals surface area contributed by atoms with Gasteiger partial charge in [0.05, 0.1) is 19.2 Å². The number of aliphatic hydroxyl groups excluding tert-OH is 1. The molecule has 0 unspecified atom stereocenters. The van der Waals surface area contributed by atoms with Crippen LogP contribution in [0.5, 0.6) is 5.75 Å². The second-order valence-corrected chi connectivity index (χ2v) is 12.1. The number of rotatable bonds is 12. The first kappa shape index (κ1) is 31.7. The van der Waals surface area contributed by atoms with Crippen LogP contribution in [0.3, 0.4) is 0 Å². The van der Waals surface area contributed by atoms with Crippen LogP contribution in [-0.4, -0.2) is 35.7 Å². The van der Waals surface area contributed by atoms with Gasteiger partial charge in [-0.2, -0.15) is 0 Å². The zero-order valence-electron chi connectivity index (χ0n) is 26.8. The van der Waals surface area contributed by atoms with Gasteiger partial charge in [0.2, 0.25) is 5.90 Å². The number of hydrogen-bond donors (Lipinski definition) is 2. The molecular weight excluding hydrogens is 614 g/mol. The third-order valence-electron chi connectivity index (χ3n) is 9.12. The molecule has 0 aromatic heterocycles. The summed E-state index contributed by atoms with van der Waals surface area (Å²) in [4.78, 5) is 23.4. The van der Waals surface area contributed by atoms with E-state index in [4.69, 9.17) is 25.1 Å². The lowest BCUT2D eigenvalue weighted by Gasteiger charge is -2.33. The first-order chi connectivity index (χ1) is 24.1. The summed E-state index contributed by atoms with van der Waals surface area (Å²) >= 11 is 0. The molecule has 1 heterocycles. The molecule has 7 rings (SSSR count). The van der Waals surface area contributed by atoms with E-state index in [9.17, 15) is 0 Å². The molecule has 2 atom stereocenters. The molecule has 49 heavy (non-hydrogen) atoms. The van der Waals surface area contributed by atoms with Crippen molar-refractivity contribution in [3.63, 3.8) is 0 Å². The molecule has 1 amide bonds. The molecule has 244 valence electrons. The van der Waals surface area contributed by atoms with Crippen LogP contribution in [-0.2, 0) is 22.5 Å². The fraction of sp³-hybridized carbons (Fsp3) is 0.200. The number of aliphatic imine (C=N–C) groups is 1. The molecule has 0 radical (unpaired) electrons. The highest BCUT2D eigenvalue weighted by molar-refractivity contribution is 6.01. The number of hydrogen-bond acceptors (Lipinski definition) is 6. The molecule has 5 aromatic rings. The van der Waals surface area contributed by atoms with Crippen molar-refractivity contribution in [2.75, 3.05) is 13.2 Å². The van der Waals surface area contributed by atoms with Crippen LogP contribution in [0.15, 0.2) is 138 Å². The Bertz CT molecular complexity index is 2000. The summed E-state index contributed by atoms with van der Waals surface area (Å²) in [6, 6.07) is 40.6. The SMILES string of the molecule is [N-]=[N+]=NCc1ccccc1C[C@@]1(C(=O)NC2c3ccccc3-c3ccccc32)N=C(c2ccc(OCCCO)cc2)O[C@@H]1c1ccccc1. The Labute approximate surface area is 284 Å². The van der Waals surface area contributed by atoms with Crippen LogP contribution in [0.1, 0.15) is 51.9 Å². The van der Waals surface area contributed by atoms with Gasteiger partial charge in [0, 0.05) is 29.9 Å². The normalized spacial score (nSPS) is 17.7. The summed E-state index contributed by atoms with van der Waals surface area (Å²) in [6.07, 6.45) is -0.0498. The number of aliphatic hydroxyl groups is 1. The average Bonchev–Trinajstić information content (AvgIpc) is 3.69. The quantitative estimate of drug-likeness (QED) is 0.0623. The number of fused-ring (bicyclic) bond motifs is 3. The van der Waals surface area contributed by atoms with Crippen molar-refractivity contribution in [3.05, 3.63) is 171 Å². The van der Waals surface area contributed by atoms with Crippen LogP contribution in [0.25, 0.3) is 21.6 Å². The van der Waals surface area contributed by atoms with E-state index < -0.39 is 11.6 Å². The highest BCUT2D eigenvalue weighted by Gasteiger charge is 2.54. The van der Waals surface area contributed by atoms with Gasteiger partial charge < -0.3 is 19.9 Å². The number of ether oxygens (including phenoxy) is 2. The summed E-state index contributed by atoms with van der Waals surface area (Å²) in [5, 5.41) is 16.4. The minimum atomic E-state index is -1.44. The highest BCUT2D eigenvalue weighted by atomic mass is 16.5. The Kier molecular flexibility index (Phi) is 9.10. The van der Waals surface area contributed by atoms with E-state index >= 15 is 4.79 Å². The second-order valence-electron chi connectivity index (χ2n) is 12.1. The van der Waals surface area contributed by atoms with Crippen LogP contribution < -0.4 is 10.1 Å². The molecule has 9 heteroatoms. The summed E-state index contributed by atoms with van der Waals surface area (Å²) in [7, 11) is 0. The Morgan fingerprint density at radius 2 is 1.49 bits per heavy atom. The van der Waals surface area contributed by atoms with Crippen molar-refractivity contribution in [1.82, 2.24) is 5.32 Å². The number of amides is 1. The topological polar surface area (TPSA) is 129 Å². The molecule has 0 fully saturated rings. The van der Waals surface area contributed by atoms with E-state index in [1.807, 2.05) is 103 Å². The van der Waals surface area contributed by atoms with E-state index in [1.165, 1.54) is 0 Å².